The van der Waals surface area contributed by atoms with Crippen molar-refractivity contribution in [3.63, 3.8) is 0 Å². The van der Waals surface area contributed by atoms with E-state index in [-0.39, 0.29) is 17.2 Å². The first kappa shape index (κ1) is 16.7. The molecule has 0 aliphatic heterocycles. The number of amides is 1. The van der Waals surface area contributed by atoms with Gasteiger partial charge < -0.3 is 10.1 Å². The van der Waals surface area contributed by atoms with E-state index in [0.717, 1.165) is 0 Å². The Hall–Kier alpha value is -1.32. The van der Waals surface area contributed by atoms with E-state index in [2.05, 4.69) is 5.32 Å². The Balaban J connectivity index is 4.72. The third-order valence-electron chi connectivity index (χ3n) is 2.13. The molecule has 1 amide bonds. The average molecular weight is 255 g/mol. The van der Waals surface area contributed by atoms with E-state index in [1.807, 2.05) is 41.5 Å². The van der Waals surface area contributed by atoms with Gasteiger partial charge in [-0.2, -0.15) is 0 Å². The van der Waals surface area contributed by atoms with E-state index in [4.69, 9.17) is 4.74 Å². The van der Waals surface area contributed by atoms with Crippen molar-refractivity contribution in [2.24, 2.45) is 5.41 Å². The maximum atomic E-state index is 11.7. The molecule has 0 saturated heterocycles. The topological polar surface area (TPSA) is 55.4 Å². The largest absolute Gasteiger partial charge is 0.444 e. The first-order valence-corrected chi connectivity index (χ1v) is 6.10. The fraction of sp³-hybridized carbons (Fsp3) is 0.714. The molecular weight excluding hydrogens is 230 g/mol. The number of carbonyl (C=O) groups is 2. The fourth-order valence-corrected chi connectivity index (χ4v) is 1.22. The second-order valence-electron chi connectivity index (χ2n) is 6.46. The number of hydrogen-bond donors (Lipinski definition) is 1. The fourth-order valence-electron chi connectivity index (χ4n) is 1.22. The lowest BCUT2D eigenvalue weighted by Gasteiger charge is -2.30. The molecule has 4 nitrogen and oxygen atoms in total. The van der Waals surface area contributed by atoms with Gasteiger partial charge in [0.1, 0.15) is 5.60 Å². The molecule has 0 rings (SSSR count). The predicted octanol–water partition coefficient (Wildman–Crippen LogP) is 3.07. The lowest BCUT2D eigenvalue weighted by Crippen LogP contribution is -2.44. The van der Waals surface area contributed by atoms with Crippen LogP contribution in [0.25, 0.3) is 0 Å². The predicted molar refractivity (Wildman–Crippen MR) is 72.4 cm³/mol. The van der Waals surface area contributed by atoms with Crippen molar-refractivity contribution in [2.45, 2.75) is 60.1 Å². The highest BCUT2D eigenvalue weighted by Crippen LogP contribution is 2.21. The van der Waals surface area contributed by atoms with E-state index in [9.17, 15) is 9.59 Å². The molecule has 0 spiro atoms. The third kappa shape index (κ3) is 7.87. The van der Waals surface area contributed by atoms with Gasteiger partial charge in [0.05, 0.1) is 6.04 Å². The molecule has 0 bridgehead atoms. The van der Waals surface area contributed by atoms with Crippen LogP contribution in [0.15, 0.2) is 12.2 Å². The average Bonchev–Trinajstić information content (AvgIpc) is 2.06. The number of alkyl carbamates (subject to hydrolysis) is 1. The molecule has 0 aromatic rings. The molecular formula is C14H25NO3. The molecule has 4 heteroatoms. The highest BCUT2D eigenvalue weighted by Gasteiger charge is 2.26. The Labute approximate surface area is 110 Å². The monoisotopic (exact) mass is 255 g/mol. The molecule has 0 aliphatic carbocycles. The quantitative estimate of drug-likeness (QED) is 0.788. The van der Waals surface area contributed by atoms with Crippen LogP contribution >= 0.6 is 0 Å². The van der Waals surface area contributed by atoms with Crippen LogP contribution < -0.4 is 5.32 Å². The minimum atomic E-state index is -0.531. The molecule has 0 aliphatic rings. The van der Waals surface area contributed by atoms with Gasteiger partial charge in [-0.25, -0.2) is 4.79 Å². The molecule has 0 radical (unpaired) electrons. The summed E-state index contributed by atoms with van der Waals surface area (Å²) in [5.74, 6) is -0.0461. The first-order chi connectivity index (χ1) is 7.92. The van der Waals surface area contributed by atoms with Gasteiger partial charge in [0.25, 0.3) is 0 Å². The lowest BCUT2D eigenvalue weighted by molar-refractivity contribution is -0.112. The van der Waals surface area contributed by atoms with E-state index >= 15 is 0 Å². The van der Waals surface area contributed by atoms with Gasteiger partial charge in [-0.05, 0) is 39.2 Å². The molecule has 18 heavy (non-hydrogen) atoms. The van der Waals surface area contributed by atoms with Crippen LogP contribution in [0.5, 0.6) is 0 Å². The van der Waals surface area contributed by atoms with Crippen molar-refractivity contribution < 1.29 is 14.3 Å². The number of allylic oxidation sites excluding steroid dienone is 1. The molecule has 0 saturated carbocycles. The Kier molecular flexibility index (Phi) is 5.58. The third-order valence-corrected chi connectivity index (χ3v) is 2.13. The van der Waals surface area contributed by atoms with Crippen LogP contribution in [0.3, 0.4) is 0 Å². The summed E-state index contributed by atoms with van der Waals surface area (Å²) in [4.78, 5) is 22.7. The van der Waals surface area contributed by atoms with Crippen LogP contribution in [0, 0.1) is 5.41 Å². The molecule has 104 valence electrons. The zero-order valence-corrected chi connectivity index (χ0v) is 12.5. The number of rotatable bonds is 3. The number of hydrogen-bond acceptors (Lipinski definition) is 3. The highest BCUT2D eigenvalue weighted by atomic mass is 16.6. The van der Waals surface area contributed by atoms with Gasteiger partial charge in [0.15, 0.2) is 5.78 Å². The number of ether oxygens (including phenoxy) is 1. The minimum Gasteiger partial charge on any atom is -0.444 e. The normalized spacial score (nSPS) is 14.4. The zero-order chi connectivity index (χ0) is 14.6. The van der Waals surface area contributed by atoms with Gasteiger partial charge in [0, 0.05) is 0 Å². The standard InChI is InChI=1S/C14H25NO3/c1-10(16)8-9-11(13(2,3)4)15-12(17)18-14(5,6)7/h8-9,11H,1-7H3,(H,15,17)/b9-8+. The summed E-state index contributed by atoms with van der Waals surface area (Å²) in [6.45, 7) is 12.9. The van der Waals surface area contributed by atoms with Gasteiger partial charge in [0.2, 0.25) is 0 Å². The molecule has 0 fully saturated rings. The minimum absolute atomic E-state index is 0.0461. The lowest BCUT2D eigenvalue weighted by atomic mass is 9.86. The van der Waals surface area contributed by atoms with Crippen molar-refractivity contribution >= 4 is 11.9 Å². The second-order valence-corrected chi connectivity index (χ2v) is 6.46. The molecule has 0 heterocycles. The number of nitrogens with one attached hydrogen (secondary N) is 1. The number of carbonyl (C=O) groups excluding carboxylic acids is 2. The summed E-state index contributed by atoms with van der Waals surface area (Å²) in [6, 6.07) is -0.253. The molecule has 1 N–H and O–H groups in total. The van der Waals surface area contributed by atoms with Gasteiger partial charge in [-0.1, -0.05) is 26.8 Å². The van der Waals surface area contributed by atoms with Crippen molar-refractivity contribution in [3.05, 3.63) is 12.2 Å². The summed E-state index contributed by atoms with van der Waals surface area (Å²) in [5, 5.41) is 2.77. The highest BCUT2D eigenvalue weighted by molar-refractivity contribution is 5.87. The van der Waals surface area contributed by atoms with E-state index in [1.165, 1.54) is 13.0 Å². The second kappa shape index (κ2) is 6.03. The van der Waals surface area contributed by atoms with Crippen LogP contribution in [-0.4, -0.2) is 23.5 Å². The number of ketones is 1. The SMILES string of the molecule is CC(=O)/C=C/C(NC(=O)OC(C)(C)C)C(C)(C)C. The van der Waals surface area contributed by atoms with E-state index < -0.39 is 11.7 Å². The molecule has 0 aromatic carbocycles. The van der Waals surface area contributed by atoms with Crippen LogP contribution in [-0.2, 0) is 9.53 Å². The van der Waals surface area contributed by atoms with Crippen molar-refractivity contribution in [1.82, 2.24) is 5.32 Å². The van der Waals surface area contributed by atoms with Crippen molar-refractivity contribution in [3.8, 4) is 0 Å². The van der Waals surface area contributed by atoms with Gasteiger partial charge in [-0.3, -0.25) is 4.79 Å². The Morgan fingerprint density at radius 1 is 1.11 bits per heavy atom. The van der Waals surface area contributed by atoms with Gasteiger partial charge in [-0.15, -0.1) is 0 Å². The summed E-state index contributed by atoms with van der Waals surface area (Å²) in [6.07, 6.45) is 2.69. The summed E-state index contributed by atoms with van der Waals surface area (Å²) >= 11 is 0. The smallest absolute Gasteiger partial charge is 0.408 e. The molecule has 0 aromatic heterocycles. The van der Waals surface area contributed by atoms with Crippen molar-refractivity contribution in [1.29, 1.82) is 0 Å². The maximum Gasteiger partial charge on any atom is 0.408 e. The zero-order valence-electron chi connectivity index (χ0n) is 12.5. The maximum absolute atomic E-state index is 11.7. The van der Waals surface area contributed by atoms with Gasteiger partial charge >= 0.3 is 6.09 Å². The summed E-state index contributed by atoms with van der Waals surface area (Å²) < 4.78 is 5.20. The first-order valence-electron chi connectivity index (χ1n) is 6.10. The van der Waals surface area contributed by atoms with Crippen LogP contribution in [0.2, 0.25) is 0 Å². The summed E-state index contributed by atoms with van der Waals surface area (Å²) in [5.41, 5.74) is -0.723. The van der Waals surface area contributed by atoms with E-state index in [1.54, 1.807) is 6.08 Å². The van der Waals surface area contributed by atoms with Crippen molar-refractivity contribution in [2.75, 3.05) is 0 Å². The van der Waals surface area contributed by atoms with Crippen LogP contribution in [0.1, 0.15) is 48.5 Å². The van der Waals surface area contributed by atoms with Crippen LogP contribution in [0.4, 0.5) is 4.79 Å². The molecule has 1 atom stereocenters. The Morgan fingerprint density at radius 2 is 1.61 bits per heavy atom. The Bertz CT molecular complexity index is 332. The summed E-state index contributed by atoms with van der Waals surface area (Å²) in [7, 11) is 0. The van der Waals surface area contributed by atoms with E-state index in [0.29, 0.717) is 0 Å². The Morgan fingerprint density at radius 3 is 1.94 bits per heavy atom. The molecule has 1 unspecified atom stereocenters.